The Hall–Kier alpha value is -1.55. The summed E-state index contributed by atoms with van der Waals surface area (Å²) in [6.45, 7) is 0. The lowest BCUT2D eigenvalue weighted by atomic mass is 9.90. The summed E-state index contributed by atoms with van der Waals surface area (Å²) in [5, 5.41) is 0. The Labute approximate surface area is 88.6 Å². The minimum atomic E-state index is -0.400. The van der Waals surface area contributed by atoms with Gasteiger partial charge in [-0.15, -0.1) is 0 Å². The van der Waals surface area contributed by atoms with E-state index in [2.05, 4.69) is 0 Å². The molecule has 2 rings (SSSR count). The van der Waals surface area contributed by atoms with Gasteiger partial charge in [-0.1, -0.05) is 12.1 Å². The van der Waals surface area contributed by atoms with Crippen molar-refractivity contribution in [3.8, 4) is 5.75 Å². The molecule has 1 aliphatic rings. The highest BCUT2D eigenvalue weighted by Crippen LogP contribution is 2.32. The molecule has 1 heterocycles. The second-order valence-electron chi connectivity index (χ2n) is 3.69. The molecule has 2 N–H and O–H groups in total. The highest BCUT2D eigenvalue weighted by Gasteiger charge is 2.42. The Balaban J connectivity index is 2.20. The van der Waals surface area contributed by atoms with Crippen LogP contribution >= 0.6 is 0 Å². The Morgan fingerprint density at radius 1 is 1.33 bits per heavy atom. The first-order chi connectivity index (χ1) is 7.15. The van der Waals surface area contributed by atoms with Crippen molar-refractivity contribution in [1.82, 2.24) is 4.90 Å². The van der Waals surface area contributed by atoms with Crippen LogP contribution in [0.1, 0.15) is 11.6 Å². The van der Waals surface area contributed by atoms with E-state index in [4.69, 9.17) is 10.5 Å². The van der Waals surface area contributed by atoms with Crippen LogP contribution in [0.4, 0.5) is 0 Å². The molecule has 1 aromatic rings. The number of carbonyl (C=O) groups is 1. The smallest absolute Gasteiger partial charge is 0.242 e. The molecule has 0 aliphatic carbocycles. The van der Waals surface area contributed by atoms with E-state index in [1.54, 1.807) is 19.1 Å². The van der Waals surface area contributed by atoms with Crippen molar-refractivity contribution in [3.05, 3.63) is 29.8 Å². The number of nitrogens with two attached hydrogens (primary N) is 1. The predicted octanol–water partition coefficient (Wildman–Crippen LogP) is 0.536. The normalized spacial score (nSPS) is 25.0. The van der Waals surface area contributed by atoms with Gasteiger partial charge in [-0.05, 0) is 17.7 Å². The van der Waals surface area contributed by atoms with Gasteiger partial charge >= 0.3 is 0 Å². The summed E-state index contributed by atoms with van der Waals surface area (Å²) in [6, 6.07) is 7.22. The molecule has 0 saturated carbocycles. The first-order valence-electron chi connectivity index (χ1n) is 4.81. The van der Waals surface area contributed by atoms with Crippen LogP contribution in [-0.4, -0.2) is 31.0 Å². The van der Waals surface area contributed by atoms with Gasteiger partial charge in [0.1, 0.15) is 11.8 Å². The molecule has 1 saturated heterocycles. The van der Waals surface area contributed by atoms with Gasteiger partial charge in [-0.25, -0.2) is 0 Å². The number of β-lactam (4-membered cyclic amide) rings is 1. The highest BCUT2D eigenvalue weighted by molar-refractivity contribution is 5.89. The van der Waals surface area contributed by atoms with Gasteiger partial charge < -0.3 is 15.4 Å². The van der Waals surface area contributed by atoms with E-state index in [1.165, 1.54) is 0 Å². The number of hydrogen-bond donors (Lipinski definition) is 1. The SMILES string of the molecule is COc1ccc([C@H]2[C@H](N)C(=O)N2C)cc1. The Morgan fingerprint density at radius 3 is 2.40 bits per heavy atom. The van der Waals surface area contributed by atoms with Gasteiger partial charge in [0.05, 0.1) is 13.2 Å². The maximum atomic E-state index is 11.2. The van der Waals surface area contributed by atoms with Crippen molar-refractivity contribution in [1.29, 1.82) is 0 Å². The second-order valence-corrected chi connectivity index (χ2v) is 3.69. The molecule has 0 unspecified atom stereocenters. The molecule has 1 amide bonds. The lowest BCUT2D eigenvalue weighted by molar-refractivity contribution is -0.146. The standard InChI is InChI=1S/C11H14N2O2/c1-13-10(9(12)11(13)14)7-3-5-8(15-2)6-4-7/h3-6,9-10H,12H2,1-2H3/t9-,10-/m0/s1. The van der Waals surface area contributed by atoms with Gasteiger partial charge in [-0.2, -0.15) is 0 Å². The predicted molar refractivity (Wildman–Crippen MR) is 56.5 cm³/mol. The van der Waals surface area contributed by atoms with E-state index in [-0.39, 0.29) is 11.9 Å². The van der Waals surface area contributed by atoms with E-state index in [0.717, 1.165) is 11.3 Å². The zero-order valence-electron chi connectivity index (χ0n) is 8.81. The van der Waals surface area contributed by atoms with Crippen LogP contribution in [0.2, 0.25) is 0 Å². The van der Waals surface area contributed by atoms with Gasteiger partial charge in [0.2, 0.25) is 5.91 Å². The molecule has 0 aromatic heterocycles. The average Bonchev–Trinajstić information content (AvgIpc) is 2.30. The summed E-state index contributed by atoms with van der Waals surface area (Å²) in [4.78, 5) is 12.9. The molecule has 2 atom stereocenters. The molecule has 4 nitrogen and oxygen atoms in total. The van der Waals surface area contributed by atoms with Crippen LogP contribution < -0.4 is 10.5 Å². The number of carbonyl (C=O) groups excluding carboxylic acids is 1. The summed E-state index contributed by atoms with van der Waals surface area (Å²) in [7, 11) is 3.39. The number of hydrogen-bond acceptors (Lipinski definition) is 3. The molecule has 15 heavy (non-hydrogen) atoms. The quantitative estimate of drug-likeness (QED) is 0.718. The van der Waals surface area contributed by atoms with Crippen molar-refractivity contribution in [3.63, 3.8) is 0 Å². The number of benzene rings is 1. The fraction of sp³-hybridized carbons (Fsp3) is 0.364. The molecule has 0 spiro atoms. The van der Waals surface area contributed by atoms with Gasteiger partial charge in [-0.3, -0.25) is 4.79 Å². The summed E-state index contributed by atoms with van der Waals surface area (Å²) in [5.74, 6) is 0.802. The van der Waals surface area contributed by atoms with E-state index >= 15 is 0 Å². The van der Waals surface area contributed by atoms with Crippen LogP contribution in [0.15, 0.2) is 24.3 Å². The third-order valence-electron chi connectivity index (χ3n) is 2.85. The zero-order valence-corrected chi connectivity index (χ0v) is 8.81. The first kappa shape index (κ1) is 9.98. The molecule has 1 aliphatic heterocycles. The minimum absolute atomic E-state index is 0.00315. The van der Waals surface area contributed by atoms with Crippen LogP contribution in [0.25, 0.3) is 0 Å². The number of likely N-dealkylation sites (N-methyl/N-ethyl adjacent to an activating group) is 1. The monoisotopic (exact) mass is 206 g/mol. The van der Waals surface area contributed by atoms with Crippen LogP contribution in [0.5, 0.6) is 5.75 Å². The highest BCUT2D eigenvalue weighted by atomic mass is 16.5. The summed E-state index contributed by atoms with van der Waals surface area (Å²) in [5.41, 5.74) is 6.78. The van der Waals surface area contributed by atoms with E-state index in [9.17, 15) is 4.79 Å². The molecule has 80 valence electrons. The van der Waals surface area contributed by atoms with Gasteiger partial charge in [0, 0.05) is 7.05 Å². The number of likely N-dealkylation sites (tertiary alicyclic amines) is 1. The van der Waals surface area contributed by atoms with Crippen LogP contribution in [0, 0.1) is 0 Å². The second kappa shape index (κ2) is 3.55. The van der Waals surface area contributed by atoms with Gasteiger partial charge in [0.15, 0.2) is 0 Å². The van der Waals surface area contributed by atoms with Crippen LogP contribution in [-0.2, 0) is 4.79 Å². The first-order valence-corrected chi connectivity index (χ1v) is 4.81. The Bertz CT molecular complexity index is 363. The number of nitrogens with zero attached hydrogens (tertiary/aromatic N) is 1. The van der Waals surface area contributed by atoms with E-state index in [0.29, 0.717) is 0 Å². The maximum Gasteiger partial charge on any atom is 0.242 e. The Kier molecular flexibility index (Phi) is 2.36. The molecule has 1 aromatic carbocycles. The molecule has 0 bridgehead atoms. The fourth-order valence-corrected chi connectivity index (χ4v) is 1.90. The third-order valence-corrected chi connectivity index (χ3v) is 2.85. The molecular formula is C11H14N2O2. The van der Waals surface area contributed by atoms with E-state index in [1.807, 2.05) is 24.3 Å². The van der Waals surface area contributed by atoms with Crippen molar-refractivity contribution in [2.45, 2.75) is 12.1 Å². The Morgan fingerprint density at radius 2 is 1.93 bits per heavy atom. The summed E-state index contributed by atoms with van der Waals surface area (Å²) in [6.07, 6.45) is 0. The number of methoxy groups -OCH3 is 1. The van der Waals surface area contributed by atoms with Crippen molar-refractivity contribution in [2.75, 3.05) is 14.2 Å². The molecular weight excluding hydrogens is 192 g/mol. The third kappa shape index (κ3) is 1.47. The molecule has 4 heteroatoms. The van der Waals surface area contributed by atoms with E-state index < -0.39 is 6.04 Å². The van der Waals surface area contributed by atoms with Crippen molar-refractivity contribution in [2.24, 2.45) is 5.73 Å². The molecule has 1 fully saturated rings. The minimum Gasteiger partial charge on any atom is -0.497 e. The molecule has 0 radical (unpaired) electrons. The number of ether oxygens (including phenoxy) is 1. The topological polar surface area (TPSA) is 55.6 Å². The lowest BCUT2D eigenvalue weighted by Crippen LogP contribution is -2.61. The number of amides is 1. The largest absolute Gasteiger partial charge is 0.497 e. The van der Waals surface area contributed by atoms with Gasteiger partial charge in [0.25, 0.3) is 0 Å². The van der Waals surface area contributed by atoms with Crippen molar-refractivity contribution >= 4 is 5.91 Å². The summed E-state index contributed by atoms with van der Waals surface area (Å²) >= 11 is 0. The summed E-state index contributed by atoms with van der Waals surface area (Å²) < 4.78 is 5.06. The van der Waals surface area contributed by atoms with Crippen LogP contribution in [0.3, 0.4) is 0 Å². The fourth-order valence-electron chi connectivity index (χ4n) is 1.90. The maximum absolute atomic E-state index is 11.2. The average molecular weight is 206 g/mol. The zero-order chi connectivity index (χ0) is 11.0. The van der Waals surface area contributed by atoms with Crippen molar-refractivity contribution < 1.29 is 9.53 Å². The number of rotatable bonds is 2. The lowest BCUT2D eigenvalue weighted by Gasteiger charge is -2.43.